The van der Waals surface area contributed by atoms with Crippen LogP contribution in [0, 0.1) is 0 Å². The van der Waals surface area contributed by atoms with E-state index in [-0.39, 0.29) is 5.56 Å². The summed E-state index contributed by atoms with van der Waals surface area (Å²) in [5, 5.41) is 10.8. The van der Waals surface area contributed by atoms with Crippen molar-refractivity contribution in [2.75, 3.05) is 14.1 Å². The number of carboxylic acid groups (broad SMARTS) is 1. The van der Waals surface area contributed by atoms with Crippen LogP contribution in [0.3, 0.4) is 0 Å². The minimum absolute atomic E-state index is 0.0966. The third kappa shape index (κ3) is 3.39. The molecule has 0 unspecified atom stereocenters. The Morgan fingerprint density at radius 1 is 1.16 bits per heavy atom. The number of benzene rings is 1. The number of carboxylic acids is 1. The van der Waals surface area contributed by atoms with E-state index in [2.05, 4.69) is 19.1 Å². The number of aromatic carboxylic acids is 1. The van der Waals surface area contributed by atoms with Gasteiger partial charge in [0.25, 0.3) is 0 Å². The lowest BCUT2D eigenvalue weighted by Crippen LogP contribution is -3.04. The number of carbonyl (C=O) groups excluding carboxylic acids is 1. The van der Waals surface area contributed by atoms with E-state index in [4.69, 9.17) is 0 Å². The summed E-state index contributed by atoms with van der Waals surface area (Å²) in [6, 6.07) is 9.64. The second kappa shape index (κ2) is 5.63. The molecule has 1 aromatic carbocycles. The molecule has 0 aliphatic carbocycles. The molecule has 0 atom stereocenters. The average Bonchev–Trinajstić information content (AvgIpc) is 2.39. The van der Waals surface area contributed by atoms with Crippen LogP contribution in [0.15, 0.2) is 42.7 Å². The highest BCUT2D eigenvalue weighted by Gasteiger charge is 2.03. The number of quaternary nitrogens is 1. The van der Waals surface area contributed by atoms with Gasteiger partial charge >= 0.3 is 0 Å². The number of aromatic nitrogens is 1. The molecule has 98 valence electrons. The highest BCUT2D eigenvalue weighted by atomic mass is 16.4. The van der Waals surface area contributed by atoms with E-state index < -0.39 is 5.97 Å². The zero-order chi connectivity index (χ0) is 13.8. The lowest BCUT2D eigenvalue weighted by atomic mass is 10.0. The zero-order valence-electron chi connectivity index (χ0n) is 11.0. The summed E-state index contributed by atoms with van der Waals surface area (Å²) in [6.07, 6.45) is 2.95. The summed E-state index contributed by atoms with van der Waals surface area (Å²) >= 11 is 0. The number of nitrogens with one attached hydrogen (secondary N) is 1. The number of carbonyl (C=O) groups is 1. The fraction of sp³-hybridized carbons (Fsp3) is 0.200. The van der Waals surface area contributed by atoms with Crippen LogP contribution < -0.4 is 10.0 Å². The SMILES string of the molecule is C[NH+](C)Cc1ccc(-c2cncc(C(=O)[O-])c2)cc1. The van der Waals surface area contributed by atoms with Gasteiger partial charge in [0.1, 0.15) is 6.54 Å². The number of hydrogen-bond donors (Lipinski definition) is 1. The first-order valence-electron chi connectivity index (χ1n) is 6.11. The van der Waals surface area contributed by atoms with Crippen molar-refractivity contribution in [2.45, 2.75) is 6.54 Å². The Morgan fingerprint density at radius 2 is 1.84 bits per heavy atom. The molecule has 0 bridgehead atoms. The third-order valence-corrected chi connectivity index (χ3v) is 2.82. The normalized spacial score (nSPS) is 10.7. The van der Waals surface area contributed by atoms with Gasteiger partial charge in [0.05, 0.1) is 20.1 Å². The molecule has 0 aliphatic rings. The summed E-state index contributed by atoms with van der Waals surface area (Å²) in [4.78, 5) is 16.1. The Hall–Kier alpha value is -2.20. The monoisotopic (exact) mass is 256 g/mol. The summed E-state index contributed by atoms with van der Waals surface area (Å²) in [6.45, 7) is 0.956. The minimum atomic E-state index is -1.21. The molecule has 4 nitrogen and oxygen atoms in total. The van der Waals surface area contributed by atoms with Crippen LogP contribution in [-0.4, -0.2) is 25.0 Å². The summed E-state index contributed by atoms with van der Waals surface area (Å²) in [7, 11) is 4.20. The van der Waals surface area contributed by atoms with Crippen LogP contribution in [0.5, 0.6) is 0 Å². The van der Waals surface area contributed by atoms with Crippen molar-refractivity contribution < 1.29 is 14.8 Å². The summed E-state index contributed by atoms with van der Waals surface area (Å²) in [5.41, 5.74) is 3.07. The molecule has 0 spiro atoms. The maximum atomic E-state index is 10.8. The number of pyridine rings is 1. The van der Waals surface area contributed by atoms with Crippen molar-refractivity contribution in [1.29, 1.82) is 0 Å². The number of hydrogen-bond acceptors (Lipinski definition) is 3. The lowest BCUT2D eigenvalue weighted by Gasteiger charge is -2.09. The molecule has 0 fully saturated rings. The Labute approximate surface area is 112 Å². The van der Waals surface area contributed by atoms with Crippen molar-refractivity contribution >= 4 is 5.97 Å². The molecule has 0 amide bonds. The fourth-order valence-electron chi connectivity index (χ4n) is 1.93. The molecule has 0 saturated carbocycles. The van der Waals surface area contributed by atoms with Crippen molar-refractivity contribution in [2.24, 2.45) is 0 Å². The van der Waals surface area contributed by atoms with Gasteiger partial charge in [-0.25, -0.2) is 0 Å². The first-order valence-corrected chi connectivity index (χ1v) is 6.11. The molecule has 0 aliphatic heterocycles. The smallest absolute Gasteiger partial charge is 0.102 e. The molecule has 19 heavy (non-hydrogen) atoms. The molecule has 2 rings (SSSR count). The van der Waals surface area contributed by atoms with E-state index in [1.165, 1.54) is 16.7 Å². The van der Waals surface area contributed by atoms with Gasteiger partial charge in [-0.2, -0.15) is 0 Å². The Bertz CT molecular complexity index is 577. The predicted molar refractivity (Wildman–Crippen MR) is 70.5 cm³/mol. The van der Waals surface area contributed by atoms with Crippen LogP contribution in [-0.2, 0) is 6.54 Å². The van der Waals surface area contributed by atoms with Crippen LogP contribution in [0.2, 0.25) is 0 Å². The van der Waals surface area contributed by atoms with Gasteiger partial charge in [-0.1, -0.05) is 24.3 Å². The lowest BCUT2D eigenvalue weighted by molar-refractivity contribution is -0.872. The molecule has 4 heteroatoms. The van der Waals surface area contributed by atoms with Crippen molar-refractivity contribution in [3.8, 4) is 11.1 Å². The molecule has 2 aromatic rings. The molecular weight excluding hydrogens is 240 g/mol. The maximum Gasteiger partial charge on any atom is 0.102 e. The highest BCUT2D eigenvalue weighted by molar-refractivity contribution is 5.87. The second-order valence-electron chi connectivity index (χ2n) is 4.83. The van der Waals surface area contributed by atoms with Gasteiger partial charge in [-0.3, -0.25) is 4.98 Å². The minimum Gasteiger partial charge on any atom is -0.545 e. The largest absolute Gasteiger partial charge is 0.545 e. The first kappa shape index (κ1) is 13.2. The van der Waals surface area contributed by atoms with E-state index in [1.54, 1.807) is 12.3 Å². The van der Waals surface area contributed by atoms with E-state index in [9.17, 15) is 9.90 Å². The van der Waals surface area contributed by atoms with Gasteiger partial charge in [0, 0.05) is 29.1 Å². The predicted octanol–water partition coefficient (Wildman–Crippen LogP) is -0.243. The molecular formula is C15H16N2O2. The first-order chi connectivity index (χ1) is 9.06. The quantitative estimate of drug-likeness (QED) is 0.821. The standard InChI is InChI=1S/C15H16N2O2/c1-17(2)10-11-3-5-12(6-4-11)13-7-14(15(18)19)9-16-8-13/h3-9H,10H2,1-2H3,(H,18,19). The maximum absolute atomic E-state index is 10.8. The summed E-state index contributed by atoms with van der Waals surface area (Å²) in [5.74, 6) is -1.21. The van der Waals surface area contributed by atoms with Crippen LogP contribution >= 0.6 is 0 Å². The van der Waals surface area contributed by atoms with Crippen LogP contribution in [0.4, 0.5) is 0 Å². The van der Waals surface area contributed by atoms with E-state index in [0.29, 0.717) is 0 Å². The van der Waals surface area contributed by atoms with Crippen molar-refractivity contribution in [3.05, 3.63) is 53.9 Å². The molecule has 1 N–H and O–H groups in total. The van der Waals surface area contributed by atoms with Crippen molar-refractivity contribution in [3.63, 3.8) is 0 Å². The number of nitrogens with zero attached hydrogens (tertiary/aromatic N) is 1. The highest BCUT2D eigenvalue weighted by Crippen LogP contribution is 2.19. The number of rotatable bonds is 4. The molecule has 0 saturated heterocycles. The van der Waals surface area contributed by atoms with E-state index >= 15 is 0 Å². The third-order valence-electron chi connectivity index (χ3n) is 2.82. The average molecular weight is 256 g/mol. The van der Waals surface area contributed by atoms with Gasteiger partial charge in [0.15, 0.2) is 0 Å². The molecule has 0 radical (unpaired) electrons. The van der Waals surface area contributed by atoms with Crippen LogP contribution in [0.25, 0.3) is 11.1 Å². The zero-order valence-corrected chi connectivity index (χ0v) is 11.0. The van der Waals surface area contributed by atoms with Gasteiger partial charge in [0.2, 0.25) is 0 Å². The topological polar surface area (TPSA) is 57.5 Å². The Morgan fingerprint density at radius 3 is 2.42 bits per heavy atom. The van der Waals surface area contributed by atoms with E-state index in [0.717, 1.165) is 17.7 Å². The van der Waals surface area contributed by atoms with Gasteiger partial charge in [-0.05, 0) is 11.6 Å². The van der Waals surface area contributed by atoms with Crippen LogP contribution in [0.1, 0.15) is 15.9 Å². The van der Waals surface area contributed by atoms with Gasteiger partial charge in [-0.15, -0.1) is 0 Å². The Kier molecular flexibility index (Phi) is 3.92. The van der Waals surface area contributed by atoms with E-state index in [1.807, 2.05) is 24.3 Å². The fourth-order valence-corrected chi connectivity index (χ4v) is 1.93. The second-order valence-corrected chi connectivity index (χ2v) is 4.83. The summed E-state index contributed by atoms with van der Waals surface area (Å²) < 4.78 is 0. The molecule has 1 heterocycles. The van der Waals surface area contributed by atoms with Gasteiger partial charge < -0.3 is 14.8 Å². The Balaban J connectivity index is 2.27. The van der Waals surface area contributed by atoms with Crippen molar-refractivity contribution in [1.82, 2.24) is 4.98 Å². The molecule has 1 aromatic heterocycles.